The van der Waals surface area contributed by atoms with Gasteiger partial charge in [0.15, 0.2) is 0 Å². The van der Waals surface area contributed by atoms with Crippen molar-refractivity contribution >= 4 is 10.9 Å². The fraction of sp³-hybridized carbons (Fsp3) is 0.600. The Morgan fingerprint density at radius 1 is 0.955 bits per heavy atom. The zero-order valence-electron chi connectivity index (χ0n) is 14.6. The number of rotatable bonds is 3. The van der Waals surface area contributed by atoms with E-state index in [1.807, 2.05) is 13.8 Å². The highest BCUT2D eigenvalue weighted by atomic mass is 14.9. The summed E-state index contributed by atoms with van der Waals surface area (Å²) in [7, 11) is 0. The summed E-state index contributed by atoms with van der Waals surface area (Å²) in [6.07, 6.45) is 7.91. The summed E-state index contributed by atoms with van der Waals surface area (Å²) in [5, 5.41) is 1.19. The Kier molecular flexibility index (Phi) is 6.35. The van der Waals surface area contributed by atoms with Gasteiger partial charge in [-0.2, -0.15) is 0 Å². The summed E-state index contributed by atoms with van der Waals surface area (Å²) in [5.74, 6) is 2.80. The van der Waals surface area contributed by atoms with Gasteiger partial charge in [-0.3, -0.25) is 0 Å². The molecule has 0 radical (unpaired) electrons. The second-order valence-corrected chi connectivity index (χ2v) is 6.24. The van der Waals surface area contributed by atoms with E-state index in [2.05, 4.69) is 38.1 Å². The Labute approximate surface area is 135 Å². The van der Waals surface area contributed by atoms with Crippen LogP contribution in [-0.4, -0.2) is 9.97 Å². The van der Waals surface area contributed by atoms with Crippen molar-refractivity contribution in [3.63, 3.8) is 0 Å². The van der Waals surface area contributed by atoms with Crippen LogP contribution in [0.5, 0.6) is 0 Å². The first kappa shape index (κ1) is 16.9. The van der Waals surface area contributed by atoms with Gasteiger partial charge in [0.25, 0.3) is 0 Å². The molecular weight excluding hydrogens is 268 g/mol. The highest BCUT2D eigenvalue weighted by Gasteiger charge is 2.21. The zero-order chi connectivity index (χ0) is 15.9. The highest BCUT2D eigenvalue weighted by Crippen LogP contribution is 2.32. The molecule has 0 N–H and O–H groups in total. The van der Waals surface area contributed by atoms with Crippen LogP contribution < -0.4 is 0 Å². The van der Waals surface area contributed by atoms with Crippen LogP contribution in [0.4, 0.5) is 0 Å². The van der Waals surface area contributed by atoms with Gasteiger partial charge in [-0.1, -0.05) is 58.2 Å². The van der Waals surface area contributed by atoms with Crippen LogP contribution in [0, 0.1) is 18.8 Å². The van der Waals surface area contributed by atoms with Gasteiger partial charge < -0.3 is 0 Å². The summed E-state index contributed by atoms with van der Waals surface area (Å²) in [4.78, 5) is 9.48. The molecule has 0 atom stereocenters. The van der Waals surface area contributed by atoms with Gasteiger partial charge in [-0.05, 0) is 37.7 Å². The van der Waals surface area contributed by atoms with E-state index in [-0.39, 0.29) is 0 Å². The van der Waals surface area contributed by atoms with Crippen molar-refractivity contribution in [3.8, 4) is 0 Å². The van der Waals surface area contributed by atoms with Crippen LogP contribution in [-0.2, 0) is 6.42 Å². The van der Waals surface area contributed by atoms with Gasteiger partial charge in [0.2, 0.25) is 0 Å². The molecule has 1 heterocycles. The van der Waals surface area contributed by atoms with E-state index in [9.17, 15) is 0 Å². The smallest absolute Gasteiger partial charge is 0.129 e. The molecule has 0 spiro atoms. The van der Waals surface area contributed by atoms with E-state index in [0.29, 0.717) is 0 Å². The number of fused-ring (bicyclic) bond motifs is 1. The molecule has 1 fully saturated rings. The molecule has 1 saturated carbocycles. The third-order valence-electron chi connectivity index (χ3n) is 4.86. The SMILES string of the molecule is CC.CCC1CCC(Cc2nc(C)c3ccccc3n2)CC1. The lowest BCUT2D eigenvalue weighted by atomic mass is 9.79. The summed E-state index contributed by atoms with van der Waals surface area (Å²) >= 11 is 0. The number of benzene rings is 1. The third-order valence-corrected chi connectivity index (χ3v) is 4.86. The van der Waals surface area contributed by atoms with Crippen molar-refractivity contribution in [2.24, 2.45) is 11.8 Å². The molecule has 3 rings (SSSR count). The largest absolute Gasteiger partial charge is 0.238 e. The molecule has 2 nitrogen and oxygen atoms in total. The molecular formula is C20H30N2. The van der Waals surface area contributed by atoms with Crippen LogP contribution in [0.2, 0.25) is 0 Å². The maximum Gasteiger partial charge on any atom is 0.129 e. The van der Waals surface area contributed by atoms with Gasteiger partial charge in [0, 0.05) is 17.5 Å². The van der Waals surface area contributed by atoms with E-state index in [0.717, 1.165) is 35.3 Å². The van der Waals surface area contributed by atoms with E-state index in [1.165, 1.54) is 37.5 Å². The van der Waals surface area contributed by atoms with E-state index in [4.69, 9.17) is 9.97 Å². The number of hydrogen-bond acceptors (Lipinski definition) is 2. The van der Waals surface area contributed by atoms with Crippen LogP contribution in [0.15, 0.2) is 24.3 Å². The average Bonchev–Trinajstić information content (AvgIpc) is 2.57. The Morgan fingerprint density at radius 2 is 1.59 bits per heavy atom. The molecule has 0 saturated heterocycles. The minimum Gasteiger partial charge on any atom is -0.238 e. The molecule has 0 bridgehead atoms. The second kappa shape index (κ2) is 8.26. The Bertz CT molecular complexity index is 583. The summed E-state index contributed by atoms with van der Waals surface area (Å²) in [5.41, 5.74) is 2.21. The lowest BCUT2D eigenvalue weighted by Gasteiger charge is -2.27. The number of aromatic nitrogens is 2. The number of para-hydroxylation sites is 1. The molecule has 1 aromatic heterocycles. The molecule has 2 aromatic rings. The van der Waals surface area contributed by atoms with Crippen molar-refractivity contribution in [1.29, 1.82) is 0 Å². The Morgan fingerprint density at radius 3 is 2.27 bits per heavy atom. The first-order valence-corrected chi connectivity index (χ1v) is 8.98. The average molecular weight is 298 g/mol. The molecule has 1 aliphatic rings. The first-order valence-electron chi connectivity index (χ1n) is 8.98. The number of hydrogen-bond donors (Lipinski definition) is 0. The van der Waals surface area contributed by atoms with Crippen LogP contribution in [0.3, 0.4) is 0 Å². The van der Waals surface area contributed by atoms with Crippen molar-refractivity contribution in [1.82, 2.24) is 9.97 Å². The minimum absolute atomic E-state index is 0.790. The van der Waals surface area contributed by atoms with E-state index >= 15 is 0 Å². The van der Waals surface area contributed by atoms with Crippen molar-refractivity contribution in [2.75, 3.05) is 0 Å². The van der Waals surface area contributed by atoms with Crippen LogP contribution in [0.1, 0.15) is 64.4 Å². The van der Waals surface area contributed by atoms with Gasteiger partial charge in [0.05, 0.1) is 5.52 Å². The molecule has 120 valence electrons. The van der Waals surface area contributed by atoms with Crippen molar-refractivity contribution in [3.05, 3.63) is 35.8 Å². The van der Waals surface area contributed by atoms with Gasteiger partial charge in [-0.25, -0.2) is 9.97 Å². The van der Waals surface area contributed by atoms with Crippen molar-refractivity contribution in [2.45, 2.75) is 66.2 Å². The molecule has 0 unspecified atom stereocenters. The van der Waals surface area contributed by atoms with Crippen molar-refractivity contribution < 1.29 is 0 Å². The topological polar surface area (TPSA) is 25.8 Å². The summed E-state index contributed by atoms with van der Waals surface area (Å²) < 4.78 is 0. The van der Waals surface area contributed by atoms with E-state index < -0.39 is 0 Å². The van der Waals surface area contributed by atoms with Gasteiger partial charge >= 0.3 is 0 Å². The van der Waals surface area contributed by atoms with Crippen LogP contribution >= 0.6 is 0 Å². The van der Waals surface area contributed by atoms with E-state index in [1.54, 1.807) is 0 Å². The maximum atomic E-state index is 4.76. The maximum absolute atomic E-state index is 4.76. The third kappa shape index (κ3) is 4.06. The molecule has 0 amide bonds. The molecule has 0 aliphatic heterocycles. The normalized spacial score (nSPS) is 21.3. The Hall–Kier alpha value is -1.44. The Balaban J connectivity index is 0.000000847. The summed E-state index contributed by atoms with van der Waals surface area (Å²) in [6, 6.07) is 8.33. The van der Waals surface area contributed by atoms with Crippen LogP contribution in [0.25, 0.3) is 10.9 Å². The minimum atomic E-state index is 0.790. The van der Waals surface area contributed by atoms with Gasteiger partial charge in [0.1, 0.15) is 5.82 Å². The molecule has 1 aromatic carbocycles. The fourth-order valence-corrected chi connectivity index (χ4v) is 3.49. The lowest BCUT2D eigenvalue weighted by Crippen LogP contribution is -2.17. The number of nitrogens with zero attached hydrogens (tertiary/aromatic N) is 2. The highest BCUT2D eigenvalue weighted by molar-refractivity contribution is 5.80. The zero-order valence-corrected chi connectivity index (χ0v) is 14.6. The monoisotopic (exact) mass is 298 g/mol. The number of aryl methyl sites for hydroxylation is 1. The molecule has 22 heavy (non-hydrogen) atoms. The first-order chi connectivity index (χ1) is 10.8. The summed E-state index contributed by atoms with van der Waals surface area (Å²) in [6.45, 7) is 8.42. The predicted octanol–water partition coefficient (Wildman–Crippen LogP) is 5.72. The molecule has 2 heteroatoms. The van der Waals surface area contributed by atoms with Gasteiger partial charge in [-0.15, -0.1) is 0 Å². The fourth-order valence-electron chi connectivity index (χ4n) is 3.49. The second-order valence-electron chi connectivity index (χ2n) is 6.24. The standard InChI is InChI=1S/C18H24N2.C2H6/c1-3-14-8-10-15(11-9-14)12-18-19-13(2)16-6-4-5-7-17(16)20-18;1-2/h4-7,14-15H,3,8-12H2,1-2H3;1-2H3. The molecule has 1 aliphatic carbocycles. The lowest BCUT2D eigenvalue weighted by molar-refractivity contribution is 0.266. The predicted molar refractivity (Wildman–Crippen MR) is 95.1 cm³/mol. The quantitative estimate of drug-likeness (QED) is 0.724.